The number of rotatable bonds is 5. The van der Waals surface area contributed by atoms with Crippen LogP contribution in [-0.2, 0) is 0 Å². The molecule has 0 saturated carbocycles. The molecule has 3 aromatic rings. The van der Waals surface area contributed by atoms with E-state index in [0.29, 0.717) is 41.5 Å². The van der Waals surface area contributed by atoms with Gasteiger partial charge >= 0.3 is 0 Å². The lowest BCUT2D eigenvalue weighted by Crippen LogP contribution is -2.44. The molecule has 31 heavy (non-hydrogen) atoms. The minimum Gasteiger partial charge on any atom is -0.472 e. The van der Waals surface area contributed by atoms with Crippen molar-refractivity contribution in [3.63, 3.8) is 0 Å². The number of likely N-dealkylation sites (tertiary alicyclic amines) is 1. The zero-order chi connectivity index (χ0) is 21.8. The zero-order valence-electron chi connectivity index (χ0n) is 17.7. The number of aryl methyl sites for hydroxylation is 2. The lowest BCUT2D eigenvalue weighted by atomic mass is 9.97. The van der Waals surface area contributed by atoms with Gasteiger partial charge in [0, 0.05) is 29.4 Å². The topological polar surface area (TPSA) is 72.4 Å². The summed E-state index contributed by atoms with van der Waals surface area (Å²) in [4.78, 5) is 36.8. The van der Waals surface area contributed by atoms with Crippen LogP contribution in [0.1, 0.15) is 50.6 Å². The van der Waals surface area contributed by atoms with E-state index in [1.807, 2.05) is 38.1 Å². The van der Waals surface area contributed by atoms with Gasteiger partial charge < -0.3 is 9.64 Å². The number of carbonyl (C=O) groups excluding carboxylic acids is 2. The van der Waals surface area contributed by atoms with Crippen LogP contribution in [0, 0.1) is 13.8 Å². The Morgan fingerprint density at radius 3 is 2.42 bits per heavy atom. The van der Waals surface area contributed by atoms with Crippen molar-refractivity contribution >= 4 is 11.7 Å². The second-order valence-corrected chi connectivity index (χ2v) is 7.77. The average molecular weight is 415 g/mol. The van der Waals surface area contributed by atoms with Crippen molar-refractivity contribution in [3.8, 4) is 5.88 Å². The summed E-state index contributed by atoms with van der Waals surface area (Å²) >= 11 is 0. The maximum atomic E-state index is 13.4. The fourth-order valence-electron chi connectivity index (χ4n) is 3.92. The van der Waals surface area contributed by atoms with Gasteiger partial charge in [-0.1, -0.05) is 48.5 Å². The highest BCUT2D eigenvalue weighted by Crippen LogP contribution is 2.22. The molecule has 0 bridgehead atoms. The van der Waals surface area contributed by atoms with Crippen LogP contribution in [0.15, 0.2) is 60.7 Å². The molecule has 1 aliphatic heterocycles. The number of piperidine rings is 1. The third-order valence-corrected chi connectivity index (χ3v) is 5.33. The van der Waals surface area contributed by atoms with Crippen molar-refractivity contribution in [2.24, 2.45) is 0 Å². The molecule has 1 aromatic heterocycles. The van der Waals surface area contributed by atoms with Crippen LogP contribution in [0.5, 0.6) is 5.88 Å². The van der Waals surface area contributed by atoms with Crippen molar-refractivity contribution < 1.29 is 14.3 Å². The van der Waals surface area contributed by atoms with Gasteiger partial charge in [0.1, 0.15) is 11.9 Å². The quantitative estimate of drug-likeness (QED) is 0.589. The highest BCUT2D eigenvalue weighted by Gasteiger charge is 2.28. The van der Waals surface area contributed by atoms with Crippen LogP contribution in [0.25, 0.3) is 0 Å². The monoisotopic (exact) mass is 415 g/mol. The van der Waals surface area contributed by atoms with Gasteiger partial charge in [0.05, 0.1) is 12.1 Å². The minimum absolute atomic E-state index is 0.150. The van der Waals surface area contributed by atoms with Gasteiger partial charge in [0.2, 0.25) is 5.88 Å². The molecule has 2 heterocycles. The molecule has 1 saturated heterocycles. The summed E-state index contributed by atoms with van der Waals surface area (Å²) < 4.78 is 6.07. The molecule has 0 spiro atoms. The van der Waals surface area contributed by atoms with Gasteiger partial charge in [-0.3, -0.25) is 9.59 Å². The van der Waals surface area contributed by atoms with Crippen LogP contribution in [0.4, 0.5) is 0 Å². The summed E-state index contributed by atoms with van der Waals surface area (Å²) in [7, 11) is 0. The van der Waals surface area contributed by atoms with Crippen LogP contribution in [0.3, 0.4) is 0 Å². The van der Waals surface area contributed by atoms with E-state index in [-0.39, 0.29) is 17.8 Å². The van der Waals surface area contributed by atoms with E-state index in [0.717, 1.165) is 18.5 Å². The molecule has 0 aliphatic carbocycles. The number of benzene rings is 2. The molecule has 1 amide bonds. The predicted molar refractivity (Wildman–Crippen MR) is 117 cm³/mol. The summed E-state index contributed by atoms with van der Waals surface area (Å²) in [6.45, 7) is 4.82. The number of hydrogen-bond acceptors (Lipinski definition) is 5. The van der Waals surface area contributed by atoms with Crippen LogP contribution in [-0.4, -0.2) is 45.8 Å². The molecule has 0 N–H and O–H groups in total. The summed E-state index contributed by atoms with van der Waals surface area (Å²) in [5.74, 6) is 0.889. The van der Waals surface area contributed by atoms with E-state index in [4.69, 9.17) is 4.74 Å². The van der Waals surface area contributed by atoms with Crippen molar-refractivity contribution in [1.29, 1.82) is 0 Å². The standard InChI is InChI=1S/C25H25N3O3/c1-17-15-23(27-18(2)26-17)31-20-11-8-14-28(16-20)25(30)22-13-7-6-12-21(22)24(29)19-9-4-3-5-10-19/h3-7,9-10,12-13,15,20H,8,11,14,16H2,1-2H3/t20-/m1/s1. The second-order valence-electron chi connectivity index (χ2n) is 7.77. The van der Waals surface area contributed by atoms with E-state index in [9.17, 15) is 9.59 Å². The fourth-order valence-corrected chi connectivity index (χ4v) is 3.92. The van der Waals surface area contributed by atoms with E-state index in [2.05, 4.69) is 9.97 Å². The molecule has 158 valence electrons. The highest BCUT2D eigenvalue weighted by atomic mass is 16.5. The predicted octanol–water partition coefficient (Wildman–Crippen LogP) is 4.01. The van der Waals surface area contributed by atoms with Crippen molar-refractivity contribution in [1.82, 2.24) is 14.9 Å². The lowest BCUT2D eigenvalue weighted by molar-refractivity contribution is 0.0525. The van der Waals surface area contributed by atoms with Gasteiger partial charge in [-0.25, -0.2) is 4.98 Å². The highest BCUT2D eigenvalue weighted by molar-refractivity contribution is 6.15. The molecule has 4 rings (SSSR count). The zero-order valence-corrected chi connectivity index (χ0v) is 17.7. The molecular weight excluding hydrogens is 390 g/mol. The molecule has 0 unspecified atom stereocenters. The van der Waals surface area contributed by atoms with Crippen molar-refractivity contribution in [2.75, 3.05) is 13.1 Å². The van der Waals surface area contributed by atoms with Gasteiger partial charge in [0.25, 0.3) is 5.91 Å². The third-order valence-electron chi connectivity index (χ3n) is 5.33. The molecule has 2 aromatic carbocycles. The second kappa shape index (κ2) is 9.08. The molecule has 1 aliphatic rings. The molecular formula is C25H25N3O3. The number of amides is 1. The van der Waals surface area contributed by atoms with E-state index >= 15 is 0 Å². The molecule has 1 fully saturated rings. The first-order chi connectivity index (χ1) is 15.0. The SMILES string of the molecule is Cc1cc(O[C@@H]2CCCN(C(=O)c3ccccc3C(=O)c3ccccc3)C2)nc(C)n1. The number of ether oxygens (including phenoxy) is 1. The number of aromatic nitrogens is 2. The molecule has 6 nitrogen and oxygen atoms in total. The number of carbonyl (C=O) groups is 2. The Morgan fingerprint density at radius 2 is 1.68 bits per heavy atom. The van der Waals surface area contributed by atoms with E-state index in [1.54, 1.807) is 41.3 Å². The van der Waals surface area contributed by atoms with Crippen LogP contribution in [0.2, 0.25) is 0 Å². The summed E-state index contributed by atoms with van der Waals surface area (Å²) in [5.41, 5.74) is 2.26. The summed E-state index contributed by atoms with van der Waals surface area (Å²) in [5, 5.41) is 0. The largest absolute Gasteiger partial charge is 0.472 e. The number of ketones is 1. The third kappa shape index (κ3) is 4.79. The normalized spacial score (nSPS) is 16.1. The number of nitrogens with zero attached hydrogens (tertiary/aromatic N) is 3. The Kier molecular flexibility index (Phi) is 6.07. The van der Waals surface area contributed by atoms with E-state index < -0.39 is 0 Å². The Bertz CT molecular complexity index is 1080. The molecule has 6 heteroatoms. The Morgan fingerprint density at radius 1 is 0.968 bits per heavy atom. The Hall–Kier alpha value is -3.54. The van der Waals surface area contributed by atoms with Gasteiger partial charge in [-0.2, -0.15) is 4.98 Å². The fraction of sp³-hybridized carbons (Fsp3) is 0.280. The molecule has 0 radical (unpaired) electrons. The van der Waals surface area contributed by atoms with Crippen LogP contribution < -0.4 is 4.74 Å². The smallest absolute Gasteiger partial charge is 0.254 e. The van der Waals surface area contributed by atoms with Gasteiger partial charge in [-0.15, -0.1) is 0 Å². The van der Waals surface area contributed by atoms with Gasteiger partial charge in [0.15, 0.2) is 5.78 Å². The van der Waals surface area contributed by atoms with Crippen LogP contribution >= 0.6 is 0 Å². The summed E-state index contributed by atoms with van der Waals surface area (Å²) in [6.07, 6.45) is 1.52. The summed E-state index contributed by atoms with van der Waals surface area (Å²) in [6, 6.07) is 17.9. The van der Waals surface area contributed by atoms with Crippen molar-refractivity contribution in [3.05, 3.63) is 88.9 Å². The van der Waals surface area contributed by atoms with E-state index in [1.165, 1.54) is 0 Å². The maximum Gasteiger partial charge on any atom is 0.254 e. The average Bonchev–Trinajstić information content (AvgIpc) is 2.78. The minimum atomic E-state index is -0.152. The lowest BCUT2D eigenvalue weighted by Gasteiger charge is -2.33. The van der Waals surface area contributed by atoms with Gasteiger partial charge in [-0.05, 0) is 32.8 Å². The van der Waals surface area contributed by atoms with Crippen molar-refractivity contribution in [2.45, 2.75) is 32.8 Å². The number of hydrogen-bond donors (Lipinski definition) is 0. The Labute approximate surface area is 181 Å². The Balaban J connectivity index is 1.52. The molecule has 1 atom stereocenters. The first kappa shape index (κ1) is 20.7. The first-order valence-corrected chi connectivity index (χ1v) is 10.5. The first-order valence-electron chi connectivity index (χ1n) is 10.5. The maximum absolute atomic E-state index is 13.4.